The normalized spacial score (nSPS) is 22.4. The summed E-state index contributed by atoms with van der Waals surface area (Å²) < 4.78 is 5.23. The zero-order valence-electron chi connectivity index (χ0n) is 12.0. The molecular weight excluding hydrogens is 270 g/mol. The van der Waals surface area contributed by atoms with Crippen LogP contribution in [0.25, 0.3) is 0 Å². The molecule has 2 aromatic heterocycles. The molecule has 1 aliphatic heterocycles. The lowest BCUT2D eigenvalue weighted by atomic mass is 10.1. The Morgan fingerprint density at radius 1 is 1.52 bits per heavy atom. The van der Waals surface area contributed by atoms with E-state index in [-0.39, 0.29) is 18.0 Å². The van der Waals surface area contributed by atoms with Crippen LogP contribution in [0, 0.1) is 6.92 Å². The molecule has 1 fully saturated rings. The summed E-state index contributed by atoms with van der Waals surface area (Å²) in [5.41, 5.74) is 0.567. The fourth-order valence-corrected chi connectivity index (χ4v) is 2.61. The Morgan fingerprint density at radius 2 is 2.38 bits per heavy atom. The molecule has 3 heterocycles. The van der Waals surface area contributed by atoms with Gasteiger partial charge in [0.05, 0.1) is 11.6 Å². The van der Waals surface area contributed by atoms with Gasteiger partial charge in [-0.1, -0.05) is 5.16 Å². The van der Waals surface area contributed by atoms with Crippen molar-refractivity contribution in [3.8, 4) is 0 Å². The van der Waals surface area contributed by atoms with Gasteiger partial charge in [0.2, 0.25) is 5.89 Å². The van der Waals surface area contributed by atoms with Gasteiger partial charge in [-0.2, -0.15) is 4.98 Å². The third-order valence-electron chi connectivity index (χ3n) is 3.64. The predicted molar refractivity (Wildman–Crippen MR) is 74.5 cm³/mol. The zero-order valence-corrected chi connectivity index (χ0v) is 12.0. The van der Waals surface area contributed by atoms with Crippen LogP contribution in [0.5, 0.6) is 0 Å². The van der Waals surface area contributed by atoms with Crippen molar-refractivity contribution in [3.63, 3.8) is 0 Å². The minimum Gasteiger partial charge on any atom is -0.348 e. The highest BCUT2D eigenvalue weighted by molar-refractivity contribution is 5.94. The highest BCUT2D eigenvalue weighted by Gasteiger charge is 2.35. The molecule has 0 spiro atoms. The molecule has 0 aromatic carbocycles. The van der Waals surface area contributed by atoms with Crippen molar-refractivity contribution in [1.29, 1.82) is 0 Å². The Bertz CT molecular complexity index is 627. The smallest absolute Gasteiger partial charge is 0.253 e. The van der Waals surface area contributed by atoms with Gasteiger partial charge >= 0.3 is 0 Å². The van der Waals surface area contributed by atoms with Crippen LogP contribution in [-0.4, -0.2) is 45.6 Å². The fraction of sp³-hybridized carbons (Fsp3) is 0.429. The molecule has 0 bridgehead atoms. The lowest BCUT2D eigenvalue weighted by Crippen LogP contribution is -2.36. The number of amides is 1. The monoisotopic (exact) mass is 287 g/mol. The van der Waals surface area contributed by atoms with E-state index in [2.05, 4.69) is 25.3 Å². The molecule has 1 saturated heterocycles. The van der Waals surface area contributed by atoms with Crippen LogP contribution >= 0.6 is 0 Å². The van der Waals surface area contributed by atoms with E-state index >= 15 is 0 Å². The molecule has 7 nitrogen and oxygen atoms in total. The standard InChI is InChI=1S/C14H17N5O2/c1-9-16-14(21-18-9)12-6-11(8-19(12)2)17-13(20)10-4-3-5-15-7-10/h3-5,7,11-12H,6,8H2,1-2H3,(H,17,20). The van der Waals surface area contributed by atoms with Gasteiger partial charge < -0.3 is 9.84 Å². The Labute approximate surface area is 122 Å². The third kappa shape index (κ3) is 2.92. The molecule has 0 radical (unpaired) electrons. The Balaban J connectivity index is 1.65. The quantitative estimate of drug-likeness (QED) is 0.904. The van der Waals surface area contributed by atoms with E-state index in [0.29, 0.717) is 17.3 Å². The van der Waals surface area contributed by atoms with Gasteiger partial charge in [-0.15, -0.1) is 0 Å². The zero-order chi connectivity index (χ0) is 14.8. The van der Waals surface area contributed by atoms with E-state index in [4.69, 9.17) is 4.52 Å². The minimum absolute atomic E-state index is 0.0467. The van der Waals surface area contributed by atoms with Gasteiger partial charge in [0.25, 0.3) is 5.91 Å². The SMILES string of the molecule is Cc1noc(C2CC(NC(=O)c3cccnc3)CN2C)n1. The van der Waals surface area contributed by atoms with E-state index in [1.165, 1.54) is 0 Å². The van der Waals surface area contributed by atoms with Crippen molar-refractivity contribution in [1.82, 2.24) is 25.3 Å². The number of nitrogens with one attached hydrogen (secondary N) is 1. The average molecular weight is 287 g/mol. The van der Waals surface area contributed by atoms with Crippen molar-refractivity contribution < 1.29 is 9.32 Å². The molecule has 110 valence electrons. The maximum atomic E-state index is 12.1. The molecule has 1 amide bonds. The van der Waals surface area contributed by atoms with Crippen LogP contribution in [0.2, 0.25) is 0 Å². The van der Waals surface area contributed by atoms with Crippen LogP contribution in [0.15, 0.2) is 29.0 Å². The molecule has 2 atom stereocenters. The second kappa shape index (κ2) is 5.61. The van der Waals surface area contributed by atoms with Crippen molar-refractivity contribution in [2.75, 3.05) is 13.6 Å². The summed E-state index contributed by atoms with van der Waals surface area (Å²) in [6.45, 7) is 2.54. The van der Waals surface area contributed by atoms with Gasteiger partial charge in [0.1, 0.15) is 0 Å². The van der Waals surface area contributed by atoms with Gasteiger partial charge in [0.15, 0.2) is 5.82 Å². The second-order valence-electron chi connectivity index (χ2n) is 5.28. The Kier molecular flexibility index (Phi) is 3.66. The first-order valence-corrected chi connectivity index (χ1v) is 6.85. The summed E-state index contributed by atoms with van der Waals surface area (Å²) in [6.07, 6.45) is 3.96. The number of nitrogens with zero attached hydrogens (tertiary/aromatic N) is 4. The highest BCUT2D eigenvalue weighted by atomic mass is 16.5. The maximum Gasteiger partial charge on any atom is 0.253 e. The summed E-state index contributed by atoms with van der Waals surface area (Å²) in [7, 11) is 1.99. The fourth-order valence-electron chi connectivity index (χ4n) is 2.61. The van der Waals surface area contributed by atoms with Gasteiger partial charge in [-0.05, 0) is 32.5 Å². The molecule has 0 aliphatic carbocycles. The largest absolute Gasteiger partial charge is 0.348 e. The number of pyridine rings is 1. The molecule has 3 rings (SSSR count). The van der Waals surface area contributed by atoms with Crippen molar-refractivity contribution >= 4 is 5.91 Å². The summed E-state index contributed by atoms with van der Waals surface area (Å²) in [4.78, 5) is 22.5. The molecule has 7 heteroatoms. The summed E-state index contributed by atoms with van der Waals surface area (Å²) in [6, 6.07) is 3.60. The first kappa shape index (κ1) is 13.7. The first-order valence-electron chi connectivity index (χ1n) is 6.85. The van der Waals surface area contributed by atoms with Crippen molar-refractivity contribution in [2.24, 2.45) is 0 Å². The Morgan fingerprint density at radius 3 is 3.05 bits per heavy atom. The van der Waals surface area contributed by atoms with Crippen LogP contribution in [-0.2, 0) is 0 Å². The van der Waals surface area contributed by atoms with E-state index in [1.54, 1.807) is 31.5 Å². The predicted octanol–water partition coefficient (Wildman–Crippen LogP) is 0.948. The van der Waals surface area contributed by atoms with E-state index in [1.807, 2.05) is 7.05 Å². The topological polar surface area (TPSA) is 84.2 Å². The van der Waals surface area contributed by atoms with Gasteiger partial charge in [0, 0.05) is 25.0 Å². The summed E-state index contributed by atoms with van der Waals surface area (Å²) >= 11 is 0. The molecule has 1 N–H and O–H groups in total. The summed E-state index contributed by atoms with van der Waals surface area (Å²) in [5.74, 6) is 1.12. The highest BCUT2D eigenvalue weighted by Crippen LogP contribution is 2.29. The Hall–Kier alpha value is -2.28. The molecule has 21 heavy (non-hydrogen) atoms. The van der Waals surface area contributed by atoms with Crippen LogP contribution in [0.4, 0.5) is 0 Å². The number of hydrogen-bond donors (Lipinski definition) is 1. The minimum atomic E-state index is -0.108. The van der Waals surface area contributed by atoms with Crippen LogP contribution in [0.1, 0.15) is 34.5 Å². The van der Waals surface area contributed by atoms with Crippen molar-refractivity contribution in [3.05, 3.63) is 41.8 Å². The molecule has 1 aliphatic rings. The molecular formula is C14H17N5O2. The lowest BCUT2D eigenvalue weighted by molar-refractivity contribution is 0.0938. The number of carbonyl (C=O) groups excluding carboxylic acids is 1. The van der Waals surface area contributed by atoms with Gasteiger partial charge in [-0.3, -0.25) is 14.7 Å². The number of aryl methyl sites for hydroxylation is 1. The number of hydrogen-bond acceptors (Lipinski definition) is 6. The van der Waals surface area contributed by atoms with E-state index < -0.39 is 0 Å². The van der Waals surface area contributed by atoms with Crippen molar-refractivity contribution in [2.45, 2.75) is 25.4 Å². The van der Waals surface area contributed by atoms with Gasteiger partial charge in [-0.25, -0.2) is 0 Å². The number of aromatic nitrogens is 3. The van der Waals surface area contributed by atoms with Crippen LogP contribution < -0.4 is 5.32 Å². The average Bonchev–Trinajstić information content (AvgIpc) is 3.06. The number of carbonyl (C=O) groups is 1. The van der Waals surface area contributed by atoms with E-state index in [0.717, 1.165) is 13.0 Å². The molecule has 2 aromatic rings. The maximum absolute atomic E-state index is 12.1. The lowest BCUT2D eigenvalue weighted by Gasteiger charge is -2.14. The summed E-state index contributed by atoms with van der Waals surface area (Å²) in [5, 5.41) is 6.84. The molecule has 0 saturated carbocycles. The second-order valence-corrected chi connectivity index (χ2v) is 5.28. The van der Waals surface area contributed by atoms with Crippen LogP contribution in [0.3, 0.4) is 0 Å². The molecule has 2 unspecified atom stereocenters. The number of rotatable bonds is 3. The first-order chi connectivity index (χ1) is 10.1. The van der Waals surface area contributed by atoms with E-state index in [9.17, 15) is 4.79 Å². The third-order valence-corrected chi connectivity index (χ3v) is 3.64. The number of likely N-dealkylation sites (tertiary alicyclic amines) is 1. The number of likely N-dealkylation sites (N-methyl/N-ethyl adjacent to an activating group) is 1.